The molecule has 3 heteroatoms. The van der Waals surface area contributed by atoms with Gasteiger partial charge >= 0.3 is 0 Å². The van der Waals surface area contributed by atoms with Gasteiger partial charge in [-0.05, 0) is 48.1 Å². The molecule has 0 radical (unpaired) electrons. The molecule has 0 bridgehead atoms. The van der Waals surface area contributed by atoms with Crippen LogP contribution in [0.5, 0.6) is 0 Å². The summed E-state index contributed by atoms with van der Waals surface area (Å²) in [5.74, 6) is 1.05. The number of rotatable bonds is 6. The minimum Gasteiger partial charge on any atom is -0.370 e. The summed E-state index contributed by atoms with van der Waals surface area (Å²) in [4.78, 5) is 6.92. The summed E-state index contributed by atoms with van der Waals surface area (Å²) in [7, 11) is 2.16. The van der Waals surface area contributed by atoms with E-state index in [4.69, 9.17) is 0 Å². The number of likely N-dealkylation sites (N-methyl/N-ethyl adjacent to an activating group) is 1. The number of aliphatic imine (C=N–C) groups is 1. The summed E-state index contributed by atoms with van der Waals surface area (Å²) in [5.41, 5.74) is 0. The molecular formula is C13H29N3. The molecule has 0 amide bonds. The summed E-state index contributed by atoms with van der Waals surface area (Å²) in [5, 5.41) is 3.44. The molecule has 0 aromatic rings. The van der Waals surface area contributed by atoms with Crippen molar-refractivity contribution < 1.29 is 0 Å². The molecule has 0 aromatic carbocycles. The first kappa shape index (κ1) is 15.4. The number of hydrogen-bond donors (Lipinski definition) is 1. The Morgan fingerprint density at radius 2 is 1.81 bits per heavy atom. The third-order valence-corrected chi connectivity index (χ3v) is 2.90. The van der Waals surface area contributed by atoms with Crippen LogP contribution in [0.3, 0.4) is 0 Å². The van der Waals surface area contributed by atoms with Gasteiger partial charge in [-0.25, -0.2) is 0 Å². The maximum Gasteiger partial charge on any atom is 0.0937 e. The van der Waals surface area contributed by atoms with Gasteiger partial charge in [0.05, 0.1) is 5.84 Å². The first-order valence-corrected chi connectivity index (χ1v) is 6.38. The van der Waals surface area contributed by atoms with E-state index < -0.39 is 0 Å². The van der Waals surface area contributed by atoms with Crippen LogP contribution in [0.1, 0.15) is 48.0 Å². The highest BCUT2D eigenvalue weighted by atomic mass is 15.2. The quantitative estimate of drug-likeness (QED) is 0.558. The average molecular weight is 227 g/mol. The van der Waals surface area contributed by atoms with Crippen LogP contribution < -0.4 is 5.32 Å². The van der Waals surface area contributed by atoms with Crippen molar-refractivity contribution in [2.24, 2.45) is 4.99 Å². The Kier molecular flexibility index (Phi) is 7.39. The molecule has 0 saturated heterocycles. The lowest BCUT2D eigenvalue weighted by molar-refractivity contribution is 0.255. The van der Waals surface area contributed by atoms with Gasteiger partial charge < -0.3 is 10.2 Å². The lowest BCUT2D eigenvalue weighted by Crippen LogP contribution is -2.42. The fraction of sp³-hybridized carbons (Fsp3) is 0.923. The van der Waals surface area contributed by atoms with Crippen LogP contribution in [0.15, 0.2) is 4.99 Å². The van der Waals surface area contributed by atoms with Crippen molar-refractivity contribution in [1.29, 1.82) is 0 Å². The fourth-order valence-corrected chi connectivity index (χ4v) is 1.50. The zero-order valence-electron chi connectivity index (χ0n) is 12.0. The smallest absolute Gasteiger partial charge is 0.0937 e. The molecule has 2 unspecified atom stereocenters. The highest BCUT2D eigenvalue weighted by Crippen LogP contribution is 1.98. The van der Waals surface area contributed by atoms with E-state index in [0.717, 1.165) is 18.8 Å². The predicted octanol–water partition coefficient (Wildman–Crippen LogP) is 2.52. The van der Waals surface area contributed by atoms with Crippen LogP contribution in [0.2, 0.25) is 0 Å². The molecule has 0 aliphatic heterocycles. The van der Waals surface area contributed by atoms with Crippen LogP contribution in [0, 0.1) is 0 Å². The average Bonchev–Trinajstić information content (AvgIpc) is 2.16. The molecule has 2 atom stereocenters. The van der Waals surface area contributed by atoms with Gasteiger partial charge in [0.2, 0.25) is 0 Å². The van der Waals surface area contributed by atoms with E-state index >= 15 is 0 Å². The van der Waals surface area contributed by atoms with Crippen LogP contribution in [-0.4, -0.2) is 42.5 Å². The molecule has 0 aliphatic rings. The Balaban J connectivity index is 4.04. The van der Waals surface area contributed by atoms with Gasteiger partial charge in [0.25, 0.3) is 0 Å². The standard InChI is InChI=1S/C13H29N3/c1-8-11(4)14-13(6)15-12(5)9-16(7)10(2)3/h10-12H,8-9H2,1-7H3,(H,14,15). The van der Waals surface area contributed by atoms with Gasteiger partial charge in [-0.1, -0.05) is 6.92 Å². The van der Waals surface area contributed by atoms with E-state index in [1.807, 2.05) is 0 Å². The van der Waals surface area contributed by atoms with Crippen molar-refractivity contribution in [2.75, 3.05) is 13.6 Å². The highest BCUT2D eigenvalue weighted by molar-refractivity contribution is 5.79. The van der Waals surface area contributed by atoms with Crippen molar-refractivity contribution in [3.05, 3.63) is 0 Å². The summed E-state index contributed by atoms with van der Waals surface area (Å²) >= 11 is 0. The van der Waals surface area contributed by atoms with Gasteiger partial charge in [-0.15, -0.1) is 0 Å². The summed E-state index contributed by atoms with van der Waals surface area (Å²) in [6.45, 7) is 14.0. The zero-order chi connectivity index (χ0) is 12.7. The first-order valence-electron chi connectivity index (χ1n) is 6.38. The second-order valence-corrected chi connectivity index (χ2v) is 5.05. The van der Waals surface area contributed by atoms with E-state index in [1.54, 1.807) is 0 Å². The summed E-state index contributed by atoms with van der Waals surface area (Å²) < 4.78 is 0. The van der Waals surface area contributed by atoms with Gasteiger partial charge in [0, 0.05) is 24.7 Å². The van der Waals surface area contributed by atoms with E-state index in [-0.39, 0.29) is 0 Å². The minimum atomic E-state index is 0.419. The Bertz CT molecular complexity index is 211. The second-order valence-electron chi connectivity index (χ2n) is 5.05. The molecule has 96 valence electrons. The normalized spacial score (nSPS) is 16.7. The first-order chi connectivity index (χ1) is 7.36. The number of hydrogen-bond acceptors (Lipinski definition) is 2. The van der Waals surface area contributed by atoms with Gasteiger partial charge in [0.15, 0.2) is 0 Å². The molecule has 16 heavy (non-hydrogen) atoms. The lowest BCUT2D eigenvalue weighted by atomic mass is 10.2. The molecule has 0 rings (SSSR count). The third kappa shape index (κ3) is 6.83. The summed E-state index contributed by atoms with van der Waals surface area (Å²) in [6, 6.07) is 1.46. The molecule has 0 heterocycles. The molecule has 1 N–H and O–H groups in total. The Hall–Kier alpha value is -0.570. The monoisotopic (exact) mass is 227 g/mol. The van der Waals surface area contributed by atoms with Crippen LogP contribution in [0.4, 0.5) is 0 Å². The molecule has 0 saturated carbocycles. The van der Waals surface area contributed by atoms with Crippen molar-refractivity contribution >= 4 is 5.84 Å². The van der Waals surface area contributed by atoms with Crippen molar-refractivity contribution in [3.63, 3.8) is 0 Å². The van der Waals surface area contributed by atoms with E-state index in [2.05, 4.69) is 63.8 Å². The lowest BCUT2D eigenvalue weighted by Gasteiger charge is -2.26. The summed E-state index contributed by atoms with van der Waals surface area (Å²) in [6.07, 6.45) is 1.10. The Morgan fingerprint density at radius 1 is 1.25 bits per heavy atom. The predicted molar refractivity (Wildman–Crippen MR) is 73.2 cm³/mol. The van der Waals surface area contributed by atoms with E-state index in [0.29, 0.717) is 18.1 Å². The molecule has 0 spiro atoms. The van der Waals surface area contributed by atoms with E-state index in [9.17, 15) is 0 Å². The fourth-order valence-electron chi connectivity index (χ4n) is 1.50. The van der Waals surface area contributed by atoms with Crippen LogP contribution in [0.25, 0.3) is 0 Å². The molecule has 0 fully saturated rings. The topological polar surface area (TPSA) is 27.6 Å². The van der Waals surface area contributed by atoms with Crippen molar-refractivity contribution in [1.82, 2.24) is 10.2 Å². The van der Waals surface area contributed by atoms with Crippen molar-refractivity contribution in [3.8, 4) is 0 Å². The zero-order valence-corrected chi connectivity index (χ0v) is 12.0. The number of nitrogens with zero attached hydrogens (tertiary/aromatic N) is 2. The molecule has 0 aliphatic carbocycles. The number of amidine groups is 1. The van der Waals surface area contributed by atoms with Gasteiger partial charge in [0.1, 0.15) is 0 Å². The van der Waals surface area contributed by atoms with Gasteiger partial charge in [-0.3, -0.25) is 4.99 Å². The van der Waals surface area contributed by atoms with Crippen LogP contribution >= 0.6 is 0 Å². The highest BCUT2D eigenvalue weighted by Gasteiger charge is 2.09. The maximum atomic E-state index is 4.57. The molecule has 0 aromatic heterocycles. The third-order valence-electron chi connectivity index (χ3n) is 2.90. The maximum absolute atomic E-state index is 4.57. The Morgan fingerprint density at radius 3 is 2.25 bits per heavy atom. The number of nitrogens with one attached hydrogen (secondary N) is 1. The van der Waals surface area contributed by atoms with Crippen LogP contribution in [-0.2, 0) is 0 Å². The largest absolute Gasteiger partial charge is 0.370 e. The van der Waals surface area contributed by atoms with Gasteiger partial charge in [-0.2, -0.15) is 0 Å². The molecular weight excluding hydrogens is 198 g/mol. The molecule has 3 nitrogen and oxygen atoms in total. The second kappa shape index (κ2) is 7.66. The Labute approximate surface area is 101 Å². The SMILES string of the molecule is CCC(C)N=C(C)NC(C)CN(C)C(C)C. The van der Waals surface area contributed by atoms with Crippen molar-refractivity contribution in [2.45, 2.75) is 66.1 Å². The van der Waals surface area contributed by atoms with E-state index in [1.165, 1.54) is 0 Å². The minimum absolute atomic E-state index is 0.419.